The summed E-state index contributed by atoms with van der Waals surface area (Å²) in [5.41, 5.74) is 6.19. The normalized spacial score (nSPS) is 16.5. The third-order valence-electron chi connectivity index (χ3n) is 4.17. The molecule has 0 atom stereocenters. The zero-order valence-corrected chi connectivity index (χ0v) is 15.7. The van der Waals surface area contributed by atoms with Gasteiger partial charge in [0.2, 0.25) is 0 Å². The second-order valence-corrected chi connectivity index (χ2v) is 7.15. The molecule has 0 nitrogen and oxygen atoms in total. The van der Waals surface area contributed by atoms with E-state index in [1.54, 1.807) is 39.1 Å². The fourth-order valence-electron chi connectivity index (χ4n) is 2.95. The van der Waals surface area contributed by atoms with Gasteiger partial charge in [-0.3, -0.25) is 0 Å². The van der Waals surface area contributed by atoms with Gasteiger partial charge in [0.15, 0.2) is 0 Å². The molecular formula is C17H17Cl2Zr. The molecule has 0 N–H and O–H groups in total. The molecule has 1 aromatic carbocycles. The minimum absolute atomic E-state index is 0. The Morgan fingerprint density at radius 3 is 2.40 bits per heavy atom. The van der Waals surface area contributed by atoms with Crippen LogP contribution < -0.4 is 24.8 Å². The van der Waals surface area contributed by atoms with Gasteiger partial charge in [-0.15, -0.1) is 0 Å². The average molecular weight is 383 g/mol. The van der Waals surface area contributed by atoms with Crippen LogP contribution in [-0.2, 0) is 31.1 Å². The molecule has 0 bridgehead atoms. The van der Waals surface area contributed by atoms with Crippen LogP contribution in [0.5, 0.6) is 0 Å². The van der Waals surface area contributed by atoms with Crippen molar-refractivity contribution in [3.05, 3.63) is 62.0 Å². The maximum Gasteiger partial charge on any atom is -1.00 e. The summed E-state index contributed by atoms with van der Waals surface area (Å²) in [4.78, 5) is 0. The van der Waals surface area contributed by atoms with E-state index in [4.69, 9.17) is 0 Å². The summed E-state index contributed by atoms with van der Waals surface area (Å²) in [6.45, 7) is 4.75. The molecule has 0 saturated carbocycles. The molecule has 0 spiro atoms. The Morgan fingerprint density at radius 1 is 1.10 bits per heavy atom. The van der Waals surface area contributed by atoms with Gasteiger partial charge in [0.25, 0.3) is 0 Å². The Hall–Kier alpha value is -0.0969. The topological polar surface area (TPSA) is 0 Å². The number of hydrogen-bond donors (Lipinski definition) is 0. The second kappa shape index (κ2) is 6.78. The molecule has 0 fully saturated rings. The van der Waals surface area contributed by atoms with Crippen molar-refractivity contribution in [1.82, 2.24) is 0 Å². The number of halogens is 2. The van der Waals surface area contributed by atoms with Gasteiger partial charge >= 0.3 is 125 Å². The Labute approximate surface area is 149 Å². The van der Waals surface area contributed by atoms with E-state index < -0.39 is 0 Å². The van der Waals surface area contributed by atoms with Crippen molar-refractivity contribution in [2.45, 2.75) is 26.7 Å². The first kappa shape index (κ1) is 18.0. The van der Waals surface area contributed by atoms with Crippen LogP contribution in [0.3, 0.4) is 0 Å². The first-order chi connectivity index (χ1) is 8.59. The summed E-state index contributed by atoms with van der Waals surface area (Å²) >= 11 is 1.57. The van der Waals surface area contributed by atoms with Crippen LogP contribution in [0.1, 0.15) is 31.4 Å². The van der Waals surface area contributed by atoms with Crippen LogP contribution in [0.15, 0.2) is 50.8 Å². The van der Waals surface area contributed by atoms with E-state index in [2.05, 4.69) is 56.3 Å². The molecule has 0 aromatic heterocycles. The SMILES string of the molecule is CC(C)(C1=Cc2ccccc2C1)C1=[C]([Zr+2])CC=C1.[Cl-].[Cl-]. The van der Waals surface area contributed by atoms with Gasteiger partial charge in [-0.2, -0.15) is 0 Å². The molecule has 2 aliphatic carbocycles. The molecule has 0 radical (unpaired) electrons. The third-order valence-corrected chi connectivity index (χ3v) is 5.34. The molecule has 3 heteroatoms. The van der Waals surface area contributed by atoms with Gasteiger partial charge in [-0.25, -0.2) is 0 Å². The van der Waals surface area contributed by atoms with Crippen LogP contribution in [0, 0.1) is 5.41 Å². The van der Waals surface area contributed by atoms with Gasteiger partial charge < -0.3 is 24.8 Å². The maximum absolute atomic E-state index is 2.40. The average Bonchev–Trinajstić information content (AvgIpc) is 2.94. The van der Waals surface area contributed by atoms with Crippen molar-refractivity contribution in [1.29, 1.82) is 0 Å². The number of rotatable bonds is 2. The minimum Gasteiger partial charge on any atom is -1.00 e. The molecular weight excluding hydrogens is 366 g/mol. The van der Waals surface area contributed by atoms with Gasteiger partial charge in [0.05, 0.1) is 0 Å². The van der Waals surface area contributed by atoms with E-state index >= 15 is 0 Å². The number of benzene rings is 1. The predicted molar refractivity (Wildman–Crippen MR) is 72.7 cm³/mol. The van der Waals surface area contributed by atoms with E-state index in [1.165, 1.54) is 11.1 Å². The van der Waals surface area contributed by atoms with Crippen molar-refractivity contribution >= 4 is 6.08 Å². The molecule has 0 saturated heterocycles. The summed E-state index contributed by atoms with van der Waals surface area (Å²) in [6, 6.07) is 8.77. The summed E-state index contributed by atoms with van der Waals surface area (Å²) < 4.78 is 1.61. The molecule has 0 amide bonds. The van der Waals surface area contributed by atoms with Gasteiger partial charge in [0, 0.05) is 0 Å². The zero-order valence-electron chi connectivity index (χ0n) is 11.7. The zero-order chi connectivity index (χ0) is 12.8. The first-order valence-corrected chi connectivity index (χ1v) is 7.72. The van der Waals surface area contributed by atoms with Crippen LogP contribution in [0.2, 0.25) is 0 Å². The van der Waals surface area contributed by atoms with Crippen LogP contribution >= 0.6 is 0 Å². The Bertz CT molecular complexity index is 595. The van der Waals surface area contributed by atoms with Crippen molar-refractivity contribution in [3.8, 4) is 0 Å². The van der Waals surface area contributed by atoms with Crippen LogP contribution in [0.4, 0.5) is 0 Å². The third kappa shape index (κ3) is 3.06. The maximum atomic E-state index is 2.40. The van der Waals surface area contributed by atoms with E-state index in [1.807, 2.05) is 0 Å². The molecule has 103 valence electrons. The van der Waals surface area contributed by atoms with E-state index in [9.17, 15) is 0 Å². The van der Waals surface area contributed by atoms with Crippen molar-refractivity contribution < 1.29 is 49.5 Å². The fraction of sp³-hybridized carbons (Fsp3) is 0.294. The van der Waals surface area contributed by atoms with Gasteiger partial charge in [-0.1, -0.05) is 0 Å². The molecule has 0 aliphatic heterocycles. The van der Waals surface area contributed by atoms with Crippen molar-refractivity contribution in [2.75, 3.05) is 0 Å². The number of allylic oxidation sites excluding steroid dienone is 5. The summed E-state index contributed by atoms with van der Waals surface area (Å²) in [5, 5.41) is 0. The number of hydrogen-bond acceptors (Lipinski definition) is 0. The molecule has 0 unspecified atom stereocenters. The second-order valence-electron chi connectivity index (χ2n) is 5.67. The Morgan fingerprint density at radius 2 is 1.80 bits per heavy atom. The summed E-state index contributed by atoms with van der Waals surface area (Å²) in [7, 11) is 0. The smallest absolute Gasteiger partial charge is 1.00 e. The monoisotopic (exact) mass is 381 g/mol. The van der Waals surface area contributed by atoms with Crippen LogP contribution in [-0.4, -0.2) is 0 Å². The summed E-state index contributed by atoms with van der Waals surface area (Å²) in [5.74, 6) is 0. The minimum atomic E-state index is 0. The quantitative estimate of drug-likeness (QED) is 0.579. The molecule has 2 aliphatic rings. The van der Waals surface area contributed by atoms with E-state index in [-0.39, 0.29) is 30.2 Å². The van der Waals surface area contributed by atoms with Crippen molar-refractivity contribution in [3.63, 3.8) is 0 Å². The van der Waals surface area contributed by atoms with E-state index in [0.29, 0.717) is 0 Å². The number of fused-ring (bicyclic) bond motifs is 1. The van der Waals surface area contributed by atoms with Gasteiger partial charge in [-0.05, 0) is 0 Å². The summed E-state index contributed by atoms with van der Waals surface area (Å²) in [6.07, 6.45) is 9.33. The molecule has 0 heterocycles. The van der Waals surface area contributed by atoms with Gasteiger partial charge in [0.1, 0.15) is 0 Å². The first-order valence-electron chi connectivity index (χ1n) is 6.50. The standard InChI is InChI=1S/C17H17.2ClH.Zr/c1-17(2,15-9-5-6-10-15)16-11-13-7-3-4-8-14(13)12-16;;;/h3-5,7-9,11H,6,12H2,1-2H3;2*1H;/q;;;+2/p-2. The Balaban J connectivity index is 0.000001000. The van der Waals surface area contributed by atoms with Crippen LogP contribution in [0.25, 0.3) is 6.08 Å². The van der Waals surface area contributed by atoms with E-state index in [0.717, 1.165) is 12.8 Å². The largest absolute Gasteiger partial charge is 1.00 e. The fourth-order valence-corrected chi connectivity index (χ4v) is 4.21. The van der Waals surface area contributed by atoms with Crippen molar-refractivity contribution in [2.24, 2.45) is 5.41 Å². The Kier molecular flexibility index (Phi) is 6.08. The molecule has 3 rings (SSSR count). The molecule has 20 heavy (non-hydrogen) atoms. The predicted octanol–water partition coefficient (Wildman–Crippen LogP) is -1.58. The molecule has 1 aromatic rings.